The average molecular weight is 466 g/mol. The largest absolute Gasteiger partial charge is 0.473 e. The molecule has 0 saturated carbocycles. The van der Waals surface area contributed by atoms with Crippen LogP contribution in [0.2, 0.25) is 0 Å². The van der Waals surface area contributed by atoms with Crippen LogP contribution in [0.5, 0.6) is 0 Å². The zero-order valence-corrected chi connectivity index (χ0v) is 18.9. The number of anilines is 1. The van der Waals surface area contributed by atoms with Crippen LogP contribution < -0.4 is 5.32 Å². The van der Waals surface area contributed by atoms with Crippen LogP contribution in [0, 0.1) is 13.8 Å². The topological polar surface area (TPSA) is 146 Å². The summed E-state index contributed by atoms with van der Waals surface area (Å²) in [5.41, 5.74) is 4.32. The second kappa shape index (κ2) is 11.2. The molecule has 10 heteroatoms. The summed E-state index contributed by atoms with van der Waals surface area (Å²) in [7, 11) is 0. The highest BCUT2D eigenvalue weighted by atomic mass is 16.5. The van der Waals surface area contributed by atoms with E-state index in [4.69, 9.17) is 24.3 Å². The van der Waals surface area contributed by atoms with E-state index in [9.17, 15) is 4.79 Å². The summed E-state index contributed by atoms with van der Waals surface area (Å²) in [5.74, 6) is -2.08. The van der Waals surface area contributed by atoms with Crippen LogP contribution in [0.1, 0.15) is 34.3 Å². The molecule has 2 heterocycles. The number of benzene rings is 2. The minimum atomic E-state index is -1.82. The van der Waals surface area contributed by atoms with Gasteiger partial charge in [0.1, 0.15) is 0 Å². The zero-order chi connectivity index (χ0) is 24.7. The lowest BCUT2D eigenvalue weighted by Gasteiger charge is -2.36. The van der Waals surface area contributed by atoms with Crippen LogP contribution in [0.4, 0.5) is 5.69 Å². The molecule has 0 bridgehead atoms. The molecule has 10 nitrogen and oxygen atoms in total. The van der Waals surface area contributed by atoms with Gasteiger partial charge in [-0.05, 0) is 36.6 Å². The molecule has 3 aromatic rings. The first kappa shape index (κ1) is 24.6. The minimum absolute atomic E-state index is 0.00226. The lowest BCUT2D eigenvalue weighted by atomic mass is 10.00. The number of carboxylic acid groups (broad SMARTS) is 2. The predicted molar refractivity (Wildman–Crippen MR) is 123 cm³/mol. The van der Waals surface area contributed by atoms with Crippen molar-refractivity contribution >= 4 is 23.5 Å². The van der Waals surface area contributed by atoms with Gasteiger partial charge < -0.3 is 20.1 Å². The number of likely N-dealkylation sites (tertiary alicyclic amines) is 1. The Balaban J connectivity index is 0.000000481. The normalized spacial score (nSPS) is 13.4. The standard InChI is InChI=1S/C22H24N4O2.C2H2O4/c1-15-7-6-10-19(16(15)2)23-21(27)14-26-12-18(13-26)22-24-20(25-28-22)11-17-8-4-3-5-9-17;3-1(4)2(5)6/h3-10,18H,11-14H2,1-2H3,(H,23,27);(H,3,4)(H,5,6). The van der Waals surface area contributed by atoms with E-state index in [0.29, 0.717) is 24.7 Å². The third kappa shape index (κ3) is 6.72. The van der Waals surface area contributed by atoms with Crippen LogP contribution in [-0.4, -0.2) is 62.7 Å². The molecule has 1 aromatic heterocycles. The first-order valence-electron chi connectivity index (χ1n) is 10.6. The highest BCUT2D eigenvalue weighted by molar-refractivity contribution is 6.27. The molecule has 3 N–H and O–H groups in total. The Morgan fingerprint density at radius 1 is 1.03 bits per heavy atom. The van der Waals surface area contributed by atoms with Crippen molar-refractivity contribution in [3.05, 3.63) is 76.9 Å². The molecular weight excluding hydrogens is 440 g/mol. The van der Waals surface area contributed by atoms with E-state index in [-0.39, 0.29) is 11.8 Å². The van der Waals surface area contributed by atoms with E-state index < -0.39 is 11.9 Å². The minimum Gasteiger partial charge on any atom is -0.473 e. The number of nitrogens with zero attached hydrogens (tertiary/aromatic N) is 3. The summed E-state index contributed by atoms with van der Waals surface area (Å²) >= 11 is 0. The van der Waals surface area contributed by atoms with Gasteiger partial charge in [0.25, 0.3) is 0 Å². The molecule has 2 aromatic carbocycles. The Morgan fingerprint density at radius 2 is 1.71 bits per heavy atom. The number of aliphatic carboxylic acids is 2. The molecule has 178 valence electrons. The van der Waals surface area contributed by atoms with Gasteiger partial charge in [0, 0.05) is 25.2 Å². The molecular formula is C24H26N4O6. The molecule has 1 fully saturated rings. The number of hydrogen-bond donors (Lipinski definition) is 3. The average Bonchev–Trinajstić information content (AvgIpc) is 3.22. The number of hydrogen-bond acceptors (Lipinski definition) is 7. The Hall–Kier alpha value is -4.05. The lowest BCUT2D eigenvalue weighted by molar-refractivity contribution is -0.159. The second-order valence-electron chi connectivity index (χ2n) is 8.01. The van der Waals surface area contributed by atoms with Gasteiger partial charge in [-0.3, -0.25) is 9.69 Å². The Kier molecular flexibility index (Phi) is 8.10. The number of nitrogens with one attached hydrogen (secondary N) is 1. The fourth-order valence-corrected chi connectivity index (χ4v) is 3.42. The molecule has 1 amide bonds. The third-order valence-electron chi connectivity index (χ3n) is 5.42. The van der Waals surface area contributed by atoms with Gasteiger partial charge in [-0.1, -0.05) is 47.6 Å². The quantitative estimate of drug-likeness (QED) is 0.466. The Bertz CT molecular complexity index is 1140. The third-order valence-corrected chi connectivity index (χ3v) is 5.42. The molecule has 4 rings (SSSR count). The SMILES string of the molecule is Cc1cccc(NC(=O)CN2CC(c3nc(Cc4ccccc4)no3)C2)c1C.O=C(O)C(=O)O. The summed E-state index contributed by atoms with van der Waals surface area (Å²) in [4.78, 5) is 37.1. The van der Waals surface area contributed by atoms with Crippen LogP contribution >= 0.6 is 0 Å². The number of amides is 1. The van der Waals surface area contributed by atoms with Gasteiger partial charge in [-0.25, -0.2) is 9.59 Å². The fourth-order valence-electron chi connectivity index (χ4n) is 3.42. The maximum atomic E-state index is 12.3. The van der Waals surface area contributed by atoms with Gasteiger partial charge >= 0.3 is 11.9 Å². The number of aromatic nitrogens is 2. The lowest BCUT2D eigenvalue weighted by Crippen LogP contribution is -2.48. The van der Waals surface area contributed by atoms with E-state index in [1.807, 2.05) is 50.2 Å². The van der Waals surface area contributed by atoms with Gasteiger partial charge in [-0.15, -0.1) is 0 Å². The van der Waals surface area contributed by atoms with Crippen LogP contribution in [0.15, 0.2) is 53.1 Å². The van der Waals surface area contributed by atoms with Crippen molar-refractivity contribution in [2.24, 2.45) is 0 Å². The van der Waals surface area contributed by atoms with Gasteiger partial charge in [-0.2, -0.15) is 4.98 Å². The molecule has 0 atom stereocenters. The van der Waals surface area contributed by atoms with E-state index in [2.05, 4.69) is 32.5 Å². The van der Waals surface area contributed by atoms with Crippen LogP contribution in [-0.2, 0) is 20.8 Å². The highest BCUT2D eigenvalue weighted by Gasteiger charge is 2.33. The van der Waals surface area contributed by atoms with Crippen LogP contribution in [0.25, 0.3) is 0 Å². The van der Waals surface area contributed by atoms with Crippen molar-refractivity contribution in [2.45, 2.75) is 26.2 Å². The van der Waals surface area contributed by atoms with Crippen molar-refractivity contribution in [1.82, 2.24) is 15.0 Å². The van der Waals surface area contributed by atoms with Crippen molar-refractivity contribution < 1.29 is 29.1 Å². The maximum Gasteiger partial charge on any atom is 0.414 e. The van der Waals surface area contributed by atoms with Crippen molar-refractivity contribution in [2.75, 3.05) is 25.0 Å². The van der Waals surface area contributed by atoms with Crippen molar-refractivity contribution in [1.29, 1.82) is 0 Å². The number of carboxylic acids is 2. The molecule has 0 radical (unpaired) electrons. The van der Waals surface area contributed by atoms with Crippen molar-refractivity contribution in [3.8, 4) is 0 Å². The summed E-state index contributed by atoms with van der Waals surface area (Å²) < 4.78 is 5.43. The highest BCUT2D eigenvalue weighted by Crippen LogP contribution is 2.26. The summed E-state index contributed by atoms with van der Waals surface area (Å²) in [6.07, 6.45) is 0.666. The molecule has 0 unspecified atom stereocenters. The fraction of sp³-hybridized carbons (Fsp3) is 0.292. The molecule has 1 saturated heterocycles. The first-order valence-corrected chi connectivity index (χ1v) is 10.6. The maximum absolute atomic E-state index is 12.3. The molecule has 34 heavy (non-hydrogen) atoms. The van der Waals surface area contributed by atoms with E-state index in [0.717, 1.165) is 29.9 Å². The summed E-state index contributed by atoms with van der Waals surface area (Å²) in [6.45, 7) is 5.95. The van der Waals surface area contributed by atoms with E-state index >= 15 is 0 Å². The number of carbonyl (C=O) groups excluding carboxylic acids is 1. The summed E-state index contributed by atoms with van der Waals surface area (Å²) in [6, 6.07) is 16.0. The van der Waals surface area contributed by atoms with Gasteiger partial charge in [0.15, 0.2) is 5.82 Å². The molecule has 0 spiro atoms. The number of carbonyl (C=O) groups is 3. The predicted octanol–water partition coefficient (Wildman–Crippen LogP) is 2.47. The van der Waals surface area contributed by atoms with E-state index in [1.54, 1.807) is 0 Å². The van der Waals surface area contributed by atoms with Gasteiger partial charge in [0.2, 0.25) is 11.8 Å². The number of rotatable bonds is 6. The zero-order valence-electron chi connectivity index (χ0n) is 18.9. The summed E-state index contributed by atoms with van der Waals surface area (Å²) in [5, 5.41) is 21.9. The monoisotopic (exact) mass is 466 g/mol. The van der Waals surface area contributed by atoms with Crippen molar-refractivity contribution in [3.63, 3.8) is 0 Å². The Labute approximate surface area is 196 Å². The Morgan fingerprint density at radius 3 is 2.35 bits per heavy atom. The first-order chi connectivity index (χ1) is 16.2. The van der Waals surface area contributed by atoms with Crippen LogP contribution in [0.3, 0.4) is 0 Å². The van der Waals surface area contributed by atoms with Gasteiger partial charge in [0.05, 0.1) is 12.5 Å². The molecule has 1 aliphatic heterocycles. The smallest absolute Gasteiger partial charge is 0.414 e. The molecule has 1 aliphatic rings. The molecule has 0 aliphatic carbocycles. The van der Waals surface area contributed by atoms with E-state index in [1.165, 1.54) is 5.56 Å². The second-order valence-corrected chi connectivity index (χ2v) is 8.01. The number of aryl methyl sites for hydroxylation is 1.